The van der Waals surface area contributed by atoms with Gasteiger partial charge in [-0.3, -0.25) is 4.79 Å². The smallest absolute Gasteiger partial charge is 0.338 e. The van der Waals surface area contributed by atoms with Crippen molar-refractivity contribution in [1.29, 1.82) is 0 Å². The molecule has 0 aliphatic carbocycles. The molecule has 0 aromatic rings. The van der Waals surface area contributed by atoms with Crippen molar-refractivity contribution in [3.63, 3.8) is 0 Å². The predicted molar refractivity (Wildman–Crippen MR) is 52.6 cm³/mol. The maximum absolute atomic E-state index is 11.4. The van der Waals surface area contributed by atoms with Crippen LogP contribution in [0.15, 0.2) is 0 Å². The molecule has 6 nitrogen and oxygen atoms in total. The van der Waals surface area contributed by atoms with Crippen LogP contribution in [0.25, 0.3) is 0 Å². The molecule has 0 unspecified atom stereocenters. The van der Waals surface area contributed by atoms with Crippen LogP contribution in [0.4, 0.5) is 0 Å². The van der Waals surface area contributed by atoms with E-state index in [1.165, 1.54) is 0 Å². The van der Waals surface area contributed by atoms with E-state index in [9.17, 15) is 14.7 Å². The fourth-order valence-electron chi connectivity index (χ4n) is 1.32. The highest BCUT2D eigenvalue weighted by atomic mass is 16.7. The zero-order valence-corrected chi connectivity index (χ0v) is 9.56. The molecule has 0 aromatic heterocycles. The zero-order chi connectivity index (χ0) is 12.3. The summed E-state index contributed by atoms with van der Waals surface area (Å²) in [6.07, 6.45) is -2.82. The standard InChI is InChI=1S/C10H16O6/c1-4-14-9(13)7(12)8-6(11)5-15-10(2,3)16-8/h7-8,12H,4-5H2,1-3H3/t7-,8-/m1/s1. The maximum Gasteiger partial charge on any atom is 0.338 e. The van der Waals surface area contributed by atoms with Crippen molar-refractivity contribution in [3.8, 4) is 0 Å². The number of ketones is 1. The van der Waals surface area contributed by atoms with E-state index in [-0.39, 0.29) is 13.2 Å². The molecule has 2 atom stereocenters. The van der Waals surface area contributed by atoms with E-state index in [0.29, 0.717) is 0 Å². The van der Waals surface area contributed by atoms with E-state index in [1.54, 1.807) is 20.8 Å². The van der Waals surface area contributed by atoms with E-state index < -0.39 is 29.7 Å². The van der Waals surface area contributed by atoms with Gasteiger partial charge in [0.25, 0.3) is 0 Å². The average Bonchev–Trinajstić information content (AvgIpc) is 2.21. The van der Waals surface area contributed by atoms with Crippen molar-refractivity contribution in [2.45, 2.75) is 38.8 Å². The van der Waals surface area contributed by atoms with Crippen molar-refractivity contribution in [1.82, 2.24) is 0 Å². The molecule has 0 radical (unpaired) electrons. The Balaban J connectivity index is 2.69. The van der Waals surface area contributed by atoms with E-state index in [0.717, 1.165) is 0 Å². The van der Waals surface area contributed by atoms with E-state index in [2.05, 4.69) is 4.74 Å². The Hall–Kier alpha value is -0.980. The predicted octanol–water partition coefficient (Wildman–Crippen LogP) is -0.369. The topological polar surface area (TPSA) is 82.1 Å². The molecule has 1 fully saturated rings. The van der Waals surface area contributed by atoms with Crippen LogP contribution in [-0.4, -0.2) is 48.1 Å². The highest BCUT2D eigenvalue weighted by molar-refractivity contribution is 5.91. The van der Waals surface area contributed by atoms with Crippen LogP contribution in [0.1, 0.15) is 20.8 Å². The number of aliphatic hydroxyl groups excluding tert-OH is 1. The summed E-state index contributed by atoms with van der Waals surface area (Å²) in [5.41, 5.74) is 0. The molecule has 92 valence electrons. The van der Waals surface area contributed by atoms with Gasteiger partial charge in [0.1, 0.15) is 6.61 Å². The molecule has 0 spiro atoms. The second kappa shape index (κ2) is 4.90. The number of rotatable bonds is 3. The first-order chi connectivity index (χ1) is 7.37. The fourth-order valence-corrected chi connectivity index (χ4v) is 1.32. The lowest BCUT2D eigenvalue weighted by Crippen LogP contribution is -2.53. The van der Waals surface area contributed by atoms with Gasteiger partial charge in [-0.2, -0.15) is 0 Å². The molecule has 1 saturated heterocycles. The van der Waals surface area contributed by atoms with Gasteiger partial charge in [-0.25, -0.2) is 4.79 Å². The second-order valence-electron chi connectivity index (χ2n) is 3.89. The highest BCUT2D eigenvalue weighted by Crippen LogP contribution is 2.22. The molecule has 0 aromatic carbocycles. The summed E-state index contributed by atoms with van der Waals surface area (Å²) >= 11 is 0. The number of hydrogen-bond acceptors (Lipinski definition) is 6. The summed E-state index contributed by atoms with van der Waals surface area (Å²) in [4.78, 5) is 22.7. The summed E-state index contributed by atoms with van der Waals surface area (Å²) in [6.45, 7) is 4.76. The highest BCUT2D eigenvalue weighted by Gasteiger charge is 2.42. The largest absolute Gasteiger partial charge is 0.464 e. The number of esters is 1. The number of aliphatic hydroxyl groups is 1. The molecule has 0 saturated carbocycles. The lowest BCUT2D eigenvalue weighted by atomic mass is 10.1. The molecular formula is C10H16O6. The molecule has 1 heterocycles. The van der Waals surface area contributed by atoms with E-state index in [4.69, 9.17) is 9.47 Å². The van der Waals surface area contributed by atoms with Gasteiger partial charge in [0.05, 0.1) is 6.61 Å². The quantitative estimate of drug-likeness (QED) is 0.669. The van der Waals surface area contributed by atoms with Crippen LogP contribution in [0, 0.1) is 0 Å². The van der Waals surface area contributed by atoms with E-state index in [1.807, 2.05) is 0 Å². The minimum Gasteiger partial charge on any atom is -0.464 e. The van der Waals surface area contributed by atoms with Gasteiger partial charge in [0.15, 0.2) is 23.8 Å². The second-order valence-corrected chi connectivity index (χ2v) is 3.89. The third kappa shape index (κ3) is 3.01. The fraction of sp³-hybridized carbons (Fsp3) is 0.800. The number of carbonyl (C=O) groups excluding carboxylic acids is 2. The SMILES string of the molecule is CCOC(=O)[C@H](O)[C@@H]1OC(C)(C)OCC1=O. The summed E-state index contributed by atoms with van der Waals surface area (Å²) in [7, 11) is 0. The van der Waals surface area contributed by atoms with Crippen LogP contribution in [0.2, 0.25) is 0 Å². The van der Waals surface area contributed by atoms with Crippen LogP contribution in [0.5, 0.6) is 0 Å². The number of ether oxygens (including phenoxy) is 3. The first kappa shape index (κ1) is 13.1. The van der Waals surface area contributed by atoms with Crippen LogP contribution in [0.3, 0.4) is 0 Å². The minimum absolute atomic E-state index is 0.136. The van der Waals surface area contributed by atoms with Gasteiger partial charge in [0, 0.05) is 0 Å². The summed E-state index contributed by atoms with van der Waals surface area (Å²) in [5, 5.41) is 9.60. The van der Waals surface area contributed by atoms with Gasteiger partial charge in [-0.15, -0.1) is 0 Å². The van der Waals surface area contributed by atoms with Crippen molar-refractivity contribution < 1.29 is 28.9 Å². The Bertz CT molecular complexity index is 285. The lowest BCUT2D eigenvalue weighted by molar-refractivity contribution is -0.270. The Morgan fingerprint density at radius 2 is 2.31 bits per heavy atom. The average molecular weight is 232 g/mol. The van der Waals surface area contributed by atoms with Crippen molar-refractivity contribution >= 4 is 11.8 Å². The molecule has 6 heteroatoms. The molecule has 1 rings (SSSR count). The third-order valence-corrected chi connectivity index (χ3v) is 2.11. The monoisotopic (exact) mass is 232 g/mol. The summed E-state index contributed by atoms with van der Waals surface area (Å²) < 4.78 is 14.9. The maximum atomic E-state index is 11.4. The molecule has 1 aliphatic rings. The van der Waals surface area contributed by atoms with Crippen molar-refractivity contribution in [2.75, 3.05) is 13.2 Å². The van der Waals surface area contributed by atoms with Gasteiger partial charge in [0.2, 0.25) is 0 Å². The minimum atomic E-state index is -1.60. The van der Waals surface area contributed by atoms with Gasteiger partial charge < -0.3 is 19.3 Å². The van der Waals surface area contributed by atoms with Crippen LogP contribution in [-0.2, 0) is 23.8 Å². The zero-order valence-electron chi connectivity index (χ0n) is 9.56. The summed E-state index contributed by atoms with van der Waals surface area (Å²) in [5.74, 6) is -2.33. The summed E-state index contributed by atoms with van der Waals surface area (Å²) in [6, 6.07) is 0. The Kier molecular flexibility index (Phi) is 4.01. The van der Waals surface area contributed by atoms with Gasteiger partial charge in [-0.1, -0.05) is 0 Å². The van der Waals surface area contributed by atoms with Crippen molar-refractivity contribution in [3.05, 3.63) is 0 Å². The Morgan fingerprint density at radius 1 is 1.69 bits per heavy atom. The molecule has 1 aliphatic heterocycles. The molecule has 16 heavy (non-hydrogen) atoms. The van der Waals surface area contributed by atoms with Gasteiger partial charge in [-0.05, 0) is 20.8 Å². The third-order valence-electron chi connectivity index (χ3n) is 2.11. The van der Waals surface area contributed by atoms with Crippen molar-refractivity contribution in [2.24, 2.45) is 0 Å². The number of carbonyl (C=O) groups is 2. The number of hydrogen-bond donors (Lipinski definition) is 1. The normalized spacial score (nSPS) is 26.2. The lowest BCUT2D eigenvalue weighted by Gasteiger charge is -2.36. The molecular weight excluding hydrogens is 216 g/mol. The van der Waals surface area contributed by atoms with Gasteiger partial charge >= 0.3 is 5.97 Å². The van der Waals surface area contributed by atoms with Crippen LogP contribution < -0.4 is 0 Å². The first-order valence-electron chi connectivity index (χ1n) is 5.06. The van der Waals surface area contributed by atoms with E-state index >= 15 is 0 Å². The Labute approximate surface area is 93.5 Å². The van der Waals surface area contributed by atoms with Crippen LogP contribution >= 0.6 is 0 Å². The Morgan fingerprint density at radius 3 is 2.88 bits per heavy atom. The molecule has 0 bridgehead atoms. The first-order valence-corrected chi connectivity index (χ1v) is 5.06. The number of Topliss-reactive ketones (excluding diaryl/α,β-unsaturated/α-hetero) is 1. The molecule has 1 N–H and O–H groups in total. The molecule has 0 amide bonds.